The van der Waals surface area contributed by atoms with E-state index in [2.05, 4.69) is 61.5 Å². The zero-order valence-electron chi connectivity index (χ0n) is 34.8. The van der Waals surface area contributed by atoms with Crippen LogP contribution in [0.3, 0.4) is 0 Å². The quantitative estimate of drug-likeness (QED) is 0.0391. The number of nitrogens with two attached hydrogens (primary N) is 1. The largest absolute Gasteiger partial charge is 1.00 e. The Morgan fingerprint density at radius 2 is 1.48 bits per heavy atom. The number of ether oxygens (including phenoxy) is 1. The van der Waals surface area contributed by atoms with Gasteiger partial charge in [-0.05, 0) is 99.4 Å². The van der Waals surface area contributed by atoms with Crippen LogP contribution in [0.2, 0.25) is 0 Å². The van der Waals surface area contributed by atoms with Crippen molar-refractivity contribution in [2.24, 2.45) is 0 Å². The molecular formula is C44H51N4NaO9S2. The predicted octanol–water partition coefficient (Wildman–Crippen LogP) is 4.89. The van der Waals surface area contributed by atoms with E-state index in [4.69, 9.17) is 10.5 Å². The van der Waals surface area contributed by atoms with Crippen molar-refractivity contribution in [3.05, 3.63) is 135 Å². The van der Waals surface area contributed by atoms with Gasteiger partial charge in [-0.2, -0.15) is 4.58 Å². The third kappa shape index (κ3) is 10.7. The van der Waals surface area contributed by atoms with Crippen LogP contribution < -0.4 is 44.9 Å². The Labute approximate surface area is 375 Å². The van der Waals surface area contributed by atoms with E-state index in [0.717, 1.165) is 51.5 Å². The second kappa shape index (κ2) is 18.9. The van der Waals surface area contributed by atoms with Crippen LogP contribution in [0.4, 0.5) is 22.7 Å². The molecule has 3 aliphatic rings. The SMILES string of the molecule is CC1(C)C(/C=C/C2=C(Oc3ccc(N)c([N+](=O)[O-])c3)C(=C/C=C3/N(CCCCS(=O)(=O)[O-])c4ccccc4C3(C)C)/CCC2)=[N+](CCCCS(=O)(=O)[O-])c2ccccc21.[Na+]. The van der Waals surface area contributed by atoms with Gasteiger partial charge in [-0.15, -0.1) is 0 Å². The average Bonchev–Trinajstić information content (AvgIpc) is 3.51. The van der Waals surface area contributed by atoms with Crippen LogP contribution in [0, 0.1) is 10.1 Å². The van der Waals surface area contributed by atoms with Gasteiger partial charge in [0.15, 0.2) is 5.71 Å². The first kappa shape index (κ1) is 47.0. The molecule has 0 aromatic heterocycles. The minimum atomic E-state index is -4.33. The number of rotatable bonds is 16. The molecule has 2 heterocycles. The first-order chi connectivity index (χ1) is 27.8. The fourth-order valence-corrected chi connectivity index (χ4v) is 9.55. The minimum Gasteiger partial charge on any atom is -0.748 e. The molecule has 0 unspecified atom stereocenters. The van der Waals surface area contributed by atoms with Crippen LogP contribution in [0.5, 0.6) is 5.75 Å². The molecule has 0 saturated carbocycles. The van der Waals surface area contributed by atoms with E-state index in [9.17, 15) is 36.1 Å². The monoisotopic (exact) mass is 866 g/mol. The van der Waals surface area contributed by atoms with Crippen LogP contribution in [-0.2, 0) is 31.1 Å². The van der Waals surface area contributed by atoms with Gasteiger partial charge in [0.2, 0.25) is 5.69 Å². The molecule has 0 bridgehead atoms. The first-order valence-corrected chi connectivity index (χ1v) is 23.0. The Balaban J connectivity index is 0.00000683. The molecule has 13 nitrogen and oxygen atoms in total. The Bertz CT molecular complexity index is 2520. The summed E-state index contributed by atoms with van der Waals surface area (Å²) in [6.07, 6.45) is 11.8. The molecule has 0 radical (unpaired) electrons. The summed E-state index contributed by atoms with van der Waals surface area (Å²) < 4.78 is 76.9. The van der Waals surface area contributed by atoms with Gasteiger partial charge in [0.1, 0.15) is 23.7 Å². The Kier molecular flexibility index (Phi) is 14.8. The fourth-order valence-electron chi connectivity index (χ4n) is 8.43. The summed E-state index contributed by atoms with van der Waals surface area (Å²) in [5.74, 6) is -0.0325. The molecule has 0 saturated heterocycles. The fraction of sp³-hybridized carbons (Fsp3) is 0.386. The van der Waals surface area contributed by atoms with Crippen LogP contribution in [0.1, 0.15) is 83.8 Å². The zero-order chi connectivity index (χ0) is 42.8. The standard InChI is InChI=1S/C44H52N4O9S2.Na/c1-43(2)34-16-5-7-18-37(34)46(26-9-11-28-58(51,52)53)40(43)24-20-31-14-13-15-32(42(31)57-33-22-23-36(45)39(30-33)48(49)50)21-25-41-44(3,4)35-17-6-8-19-38(35)47(41)27-10-12-29-59(54,55)56;/h5-8,16-25,30H,9-15,26-29,45H2,1-4H3,(H-,51,52,53,54,55,56);/q;+1/p-1. The van der Waals surface area contributed by atoms with Gasteiger partial charge >= 0.3 is 29.6 Å². The summed E-state index contributed by atoms with van der Waals surface area (Å²) in [6, 6.07) is 20.5. The molecule has 0 spiro atoms. The maximum absolute atomic E-state index is 11.9. The summed E-state index contributed by atoms with van der Waals surface area (Å²) in [5, 5.41) is 11.9. The van der Waals surface area contributed by atoms with Gasteiger partial charge in [0.05, 0.1) is 36.6 Å². The third-order valence-electron chi connectivity index (χ3n) is 11.4. The molecule has 0 atom stereocenters. The van der Waals surface area contributed by atoms with E-state index < -0.39 is 47.5 Å². The number of para-hydroxylation sites is 2. The number of nitro benzene ring substituents is 1. The molecule has 0 amide bonds. The topological polar surface area (TPSA) is 199 Å². The number of nitro groups is 1. The number of hydrogen-bond donors (Lipinski definition) is 1. The minimum absolute atomic E-state index is 0. The number of nitrogens with zero attached hydrogens (tertiary/aromatic N) is 3. The summed E-state index contributed by atoms with van der Waals surface area (Å²) in [7, 11) is -8.66. The van der Waals surface area contributed by atoms with Gasteiger partial charge < -0.3 is 24.5 Å². The normalized spacial score (nSPS) is 18.6. The second-order valence-electron chi connectivity index (χ2n) is 16.3. The average molecular weight is 867 g/mol. The van der Waals surface area contributed by atoms with Crippen molar-refractivity contribution in [1.82, 2.24) is 0 Å². The van der Waals surface area contributed by atoms with E-state index in [1.807, 2.05) is 48.6 Å². The molecule has 3 aromatic rings. The van der Waals surface area contributed by atoms with E-state index in [-0.39, 0.29) is 59.5 Å². The summed E-state index contributed by atoms with van der Waals surface area (Å²) in [6.45, 7) is 9.56. The third-order valence-corrected chi connectivity index (χ3v) is 13.0. The number of allylic oxidation sites excluding steroid dienone is 7. The maximum atomic E-state index is 11.9. The molecule has 60 heavy (non-hydrogen) atoms. The van der Waals surface area contributed by atoms with Crippen molar-refractivity contribution in [2.45, 2.75) is 83.5 Å². The van der Waals surface area contributed by atoms with Gasteiger partial charge in [0.25, 0.3) is 5.69 Å². The molecule has 2 N–H and O–H groups in total. The van der Waals surface area contributed by atoms with Gasteiger partial charge in [-0.25, -0.2) is 16.8 Å². The Morgan fingerprint density at radius 3 is 2.17 bits per heavy atom. The molecule has 2 aliphatic heterocycles. The number of nitrogen functional groups attached to an aromatic ring is 1. The van der Waals surface area contributed by atoms with Crippen molar-refractivity contribution in [1.29, 1.82) is 0 Å². The van der Waals surface area contributed by atoms with Gasteiger partial charge in [0, 0.05) is 59.0 Å². The van der Waals surface area contributed by atoms with E-state index in [1.165, 1.54) is 12.1 Å². The number of anilines is 2. The Hall–Kier alpha value is -4.09. The van der Waals surface area contributed by atoms with Crippen molar-refractivity contribution in [3.8, 4) is 5.75 Å². The first-order valence-electron chi connectivity index (χ1n) is 19.8. The Morgan fingerprint density at radius 1 is 0.833 bits per heavy atom. The number of hydrogen-bond acceptors (Lipinski definition) is 11. The molecule has 1 aliphatic carbocycles. The van der Waals surface area contributed by atoms with Gasteiger partial charge in [-0.3, -0.25) is 10.1 Å². The number of benzene rings is 3. The molecule has 16 heteroatoms. The second-order valence-corrected chi connectivity index (χ2v) is 19.3. The van der Waals surface area contributed by atoms with E-state index in [1.54, 1.807) is 6.07 Å². The maximum Gasteiger partial charge on any atom is 1.00 e. The summed E-state index contributed by atoms with van der Waals surface area (Å²) >= 11 is 0. The van der Waals surface area contributed by atoms with Crippen LogP contribution in [-0.4, -0.2) is 65.7 Å². The molecule has 0 fully saturated rings. The predicted molar refractivity (Wildman–Crippen MR) is 228 cm³/mol. The van der Waals surface area contributed by atoms with E-state index >= 15 is 0 Å². The summed E-state index contributed by atoms with van der Waals surface area (Å²) in [4.78, 5) is 13.5. The molecular weight excluding hydrogens is 816 g/mol. The molecule has 6 rings (SSSR count). The van der Waals surface area contributed by atoms with Crippen LogP contribution in [0.15, 0.2) is 114 Å². The van der Waals surface area contributed by atoms with Crippen molar-refractivity contribution < 1.29 is 69.7 Å². The zero-order valence-corrected chi connectivity index (χ0v) is 38.5. The van der Waals surface area contributed by atoms with Crippen molar-refractivity contribution >= 4 is 48.7 Å². The van der Waals surface area contributed by atoms with Gasteiger partial charge in [-0.1, -0.05) is 56.3 Å². The molecule has 3 aromatic carbocycles. The molecule has 314 valence electrons. The number of fused-ring (bicyclic) bond motifs is 2. The van der Waals surface area contributed by atoms with Crippen LogP contribution >= 0.6 is 0 Å². The van der Waals surface area contributed by atoms with Crippen LogP contribution in [0.25, 0.3) is 0 Å². The number of unbranched alkanes of at least 4 members (excludes halogenated alkanes) is 2. The smallest absolute Gasteiger partial charge is 0.748 e. The van der Waals surface area contributed by atoms with E-state index in [0.29, 0.717) is 44.5 Å². The van der Waals surface area contributed by atoms with Crippen molar-refractivity contribution in [3.63, 3.8) is 0 Å². The summed E-state index contributed by atoms with van der Waals surface area (Å²) in [5.41, 5.74) is 12.9. The van der Waals surface area contributed by atoms with Crippen molar-refractivity contribution in [2.75, 3.05) is 35.2 Å².